The Morgan fingerprint density at radius 2 is 1.97 bits per heavy atom. The summed E-state index contributed by atoms with van der Waals surface area (Å²) in [5.74, 6) is 0.114. The van der Waals surface area contributed by atoms with Crippen molar-refractivity contribution in [2.24, 2.45) is 5.73 Å². The summed E-state index contributed by atoms with van der Waals surface area (Å²) in [4.78, 5) is 32.2. The molecule has 2 aromatic carbocycles. The minimum atomic E-state index is -0.475. The van der Waals surface area contributed by atoms with Gasteiger partial charge in [0.15, 0.2) is 0 Å². The first-order chi connectivity index (χ1) is 14.1. The summed E-state index contributed by atoms with van der Waals surface area (Å²) in [6.45, 7) is 0.742. The molecule has 152 valence electrons. The van der Waals surface area contributed by atoms with E-state index in [-0.39, 0.29) is 38.3 Å². The monoisotopic (exact) mass is 397 g/mol. The molecule has 8 heteroatoms. The second kappa shape index (κ2) is 8.10. The highest BCUT2D eigenvalue weighted by atomic mass is 16.7. The van der Waals surface area contributed by atoms with Gasteiger partial charge in [0.25, 0.3) is 0 Å². The molecule has 0 unspecified atom stereocenters. The van der Waals surface area contributed by atoms with Gasteiger partial charge in [-0.15, -0.1) is 0 Å². The zero-order valence-electron chi connectivity index (χ0n) is 15.9. The Labute approximate surface area is 168 Å². The highest BCUT2D eigenvalue weighted by Gasteiger charge is 2.49. The number of aliphatic hydroxyl groups is 1. The molecule has 0 saturated carbocycles. The molecule has 3 amide bonds. The van der Waals surface area contributed by atoms with Crippen LogP contribution in [0.5, 0.6) is 5.75 Å². The number of nitrogens with two attached hydrogens (primary N) is 1. The topological polar surface area (TPSA) is 105 Å². The van der Waals surface area contributed by atoms with E-state index in [1.807, 2.05) is 42.5 Å². The normalized spacial score (nSPS) is 20.0. The minimum absolute atomic E-state index is 0.0365. The maximum atomic E-state index is 13.0. The van der Waals surface area contributed by atoms with Gasteiger partial charge in [-0.25, -0.2) is 4.79 Å². The van der Waals surface area contributed by atoms with E-state index in [1.165, 1.54) is 5.06 Å². The fraction of sp³-hybridized carbons (Fsp3) is 0.333. The lowest BCUT2D eigenvalue weighted by Crippen LogP contribution is -2.36. The van der Waals surface area contributed by atoms with Crippen molar-refractivity contribution in [2.75, 3.05) is 19.8 Å². The van der Waals surface area contributed by atoms with Crippen LogP contribution in [0.25, 0.3) is 0 Å². The summed E-state index contributed by atoms with van der Waals surface area (Å²) < 4.78 is 5.54. The first-order valence-electron chi connectivity index (χ1n) is 9.51. The number of hydroxylamine groups is 2. The number of carbonyl (C=O) groups is 2. The van der Waals surface area contributed by atoms with Gasteiger partial charge in [-0.3, -0.25) is 9.63 Å². The van der Waals surface area contributed by atoms with Crippen molar-refractivity contribution in [2.45, 2.75) is 25.1 Å². The number of benzene rings is 2. The van der Waals surface area contributed by atoms with Crippen LogP contribution < -0.4 is 10.5 Å². The Morgan fingerprint density at radius 3 is 2.69 bits per heavy atom. The summed E-state index contributed by atoms with van der Waals surface area (Å²) >= 11 is 0. The van der Waals surface area contributed by atoms with Crippen molar-refractivity contribution < 1.29 is 24.3 Å². The summed E-state index contributed by atoms with van der Waals surface area (Å²) in [6.07, 6.45) is 0.0365. The summed E-state index contributed by atoms with van der Waals surface area (Å²) in [5, 5.41) is 10.4. The standard InChI is InChI=1S/C21H23N3O5/c22-20(26)11-18-16-7-6-15(28-9-8-25)10-17(16)19-12-23(18)21(27)24(19)29-13-14-4-2-1-3-5-14/h1-7,10,18-19,25H,8-9,11-13H2,(H2,22,26)/t18-,19-/m0/s1. The molecule has 8 nitrogen and oxygen atoms in total. The molecule has 1 saturated heterocycles. The molecule has 3 N–H and O–H groups in total. The van der Waals surface area contributed by atoms with Crippen molar-refractivity contribution in [1.82, 2.24) is 9.96 Å². The molecule has 1 fully saturated rings. The Kier molecular flexibility index (Phi) is 5.37. The first-order valence-corrected chi connectivity index (χ1v) is 9.51. The van der Waals surface area contributed by atoms with E-state index < -0.39 is 11.9 Å². The van der Waals surface area contributed by atoms with Gasteiger partial charge in [-0.1, -0.05) is 36.4 Å². The molecule has 4 rings (SSSR count). The maximum Gasteiger partial charge on any atom is 0.345 e. The molecule has 0 aliphatic carbocycles. The number of amides is 3. The van der Waals surface area contributed by atoms with Crippen molar-refractivity contribution >= 4 is 11.9 Å². The number of carbonyl (C=O) groups excluding carboxylic acids is 2. The maximum absolute atomic E-state index is 13.0. The summed E-state index contributed by atoms with van der Waals surface area (Å²) in [7, 11) is 0. The molecular formula is C21H23N3O5. The third kappa shape index (κ3) is 3.76. The van der Waals surface area contributed by atoms with Crippen LogP contribution in [0, 0.1) is 0 Å². The van der Waals surface area contributed by atoms with Gasteiger partial charge in [0, 0.05) is 0 Å². The van der Waals surface area contributed by atoms with E-state index in [0.29, 0.717) is 12.3 Å². The molecule has 2 aliphatic heterocycles. The number of rotatable bonds is 8. The van der Waals surface area contributed by atoms with E-state index in [0.717, 1.165) is 16.7 Å². The lowest BCUT2D eigenvalue weighted by atomic mass is 9.89. The Bertz CT molecular complexity index is 904. The third-order valence-electron chi connectivity index (χ3n) is 5.21. The van der Waals surface area contributed by atoms with Crippen LogP contribution >= 0.6 is 0 Å². The van der Waals surface area contributed by atoms with Crippen LogP contribution in [0.2, 0.25) is 0 Å². The van der Waals surface area contributed by atoms with Crippen molar-refractivity contribution in [3.8, 4) is 5.75 Å². The van der Waals surface area contributed by atoms with E-state index in [1.54, 1.807) is 11.0 Å². The highest BCUT2D eigenvalue weighted by molar-refractivity contribution is 5.81. The smallest absolute Gasteiger partial charge is 0.345 e. The quantitative estimate of drug-likeness (QED) is 0.708. The van der Waals surface area contributed by atoms with Crippen molar-refractivity contribution in [1.29, 1.82) is 0 Å². The van der Waals surface area contributed by atoms with Crippen LogP contribution in [-0.2, 0) is 16.2 Å². The van der Waals surface area contributed by atoms with Gasteiger partial charge in [0.1, 0.15) is 25.0 Å². The molecular weight excluding hydrogens is 374 g/mol. The van der Waals surface area contributed by atoms with Crippen LogP contribution in [-0.4, -0.2) is 46.8 Å². The van der Waals surface area contributed by atoms with Gasteiger partial charge >= 0.3 is 6.03 Å². The summed E-state index contributed by atoms with van der Waals surface area (Å²) in [5.41, 5.74) is 8.12. The number of nitrogens with zero attached hydrogens (tertiary/aromatic N) is 2. The Hall–Kier alpha value is -3.10. The van der Waals surface area contributed by atoms with Gasteiger partial charge in [0.2, 0.25) is 5.91 Å². The number of urea groups is 1. The lowest BCUT2D eigenvalue weighted by molar-refractivity contribution is -0.141. The predicted octanol–water partition coefficient (Wildman–Crippen LogP) is 1.90. The van der Waals surface area contributed by atoms with Gasteiger partial charge in [0.05, 0.1) is 25.6 Å². The molecule has 2 atom stereocenters. The Morgan fingerprint density at radius 1 is 1.17 bits per heavy atom. The largest absolute Gasteiger partial charge is 0.491 e. The number of ether oxygens (including phenoxy) is 1. The SMILES string of the molecule is NC(=O)C[C@H]1c2ccc(OCCO)cc2[C@@H]2CN1C(=O)N2OCc1ccccc1. The van der Waals surface area contributed by atoms with E-state index in [9.17, 15) is 9.59 Å². The number of primary amides is 1. The fourth-order valence-electron chi connectivity index (χ4n) is 3.92. The van der Waals surface area contributed by atoms with E-state index >= 15 is 0 Å². The minimum Gasteiger partial charge on any atom is -0.491 e. The van der Waals surface area contributed by atoms with Crippen LogP contribution in [0.3, 0.4) is 0 Å². The first kappa shape index (κ1) is 19.2. The summed E-state index contributed by atoms with van der Waals surface area (Å²) in [6, 6.07) is 14.0. The Balaban J connectivity index is 1.64. The molecule has 0 spiro atoms. The fourth-order valence-corrected chi connectivity index (χ4v) is 3.92. The molecule has 2 bridgehead atoms. The molecule has 2 aliphatic rings. The molecule has 29 heavy (non-hydrogen) atoms. The second-order valence-electron chi connectivity index (χ2n) is 7.08. The molecule has 0 radical (unpaired) electrons. The average molecular weight is 397 g/mol. The van der Waals surface area contributed by atoms with E-state index in [2.05, 4.69) is 0 Å². The van der Waals surface area contributed by atoms with Crippen LogP contribution in [0.4, 0.5) is 4.79 Å². The predicted molar refractivity (Wildman–Crippen MR) is 103 cm³/mol. The molecule has 2 heterocycles. The highest BCUT2D eigenvalue weighted by Crippen LogP contribution is 2.46. The number of aliphatic hydroxyl groups excluding tert-OH is 1. The number of hydrogen-bond acceptors (Lipinski definition) is 5. The van der Waals surface area contributed by atoms with Crippen molar-refractivity contribution in [3.63, 3.8) is 0 Å². The number of hydrogen-bond donors (Lipinski definition) is 2. The lowest BCUT2D eigenvalue weighted by Gasteiger charge is -2.32. The van der Waals surface area contributed by atoms with Gasteiger partial charge in [-0.05, 0) is 28.8 Å². The van der Waals surface area contributed by atoms with Crippen LogP contribution in [0.1, 0.15) is 35.2 Å². The number of fused-ring (bicyclic) bond motifs is 4. The second-order valence-corrected chi connectivity index (χ2v) is 7.08. The van der Waals surface area contributed by atoms with Crippen molar-refractivity contribution in [3.05, 3.63) is 65.2 Å². The van der Waals surface area contributed by atoms with Gasteiger partial charge < -0.3 is 20.5 Å². The van der Waals surface area contributed by atoms with Gasteiger partial charge in [-0.2, -0.15) is 5.06 Å². The zero-order chi connectivity index (χ0) is 20.4. The average Bonchev–Trinajstić information content (AvgIpc) is 3.01. The third-order valence-corrected chi connectivity index (χ3v) is 5.21. The van der Waals surface area contributed by atoms with E-state index in [4.69, 9.17) is 20.4 Å². The molecule has 0 aromatic heterocycles. The molecule has 2 aromatic rings. The van der Waals surface area contributed by atoms with Crippen LogP contribution in [0.15, 0.2) is 48.5 Å². The zero-order valence-corrected chi connectivity index (χ0v) is 15.9.